The third-order valence-electron chi connectivity index (χ3n) is 3.89. The summed E-state index contributed by atoms with van der Waals surface area (Å²) in [5.74, 6) is -0.275. The van der Waals surface area contributed by atoms with Gasteiger partial charge < -0.3 is 9.88 Å². The number of carbonyl (C=O) groups excluding carboxylic acids is 1. The van der Waals surface area contributed by atoms with Crippen LogP contribution in [0.3, 0.4) is 0 Å². The van der Waals surface area contributed by atoms with Crippen LogP contribution in [0.4, 0.5) is 4.39 Å². The van der Waals surface area contributed by atoms with Crippen LogP contribution in [0.15, 0.2) is 30.3 Å². The maximum absolute atomic E-state index is 13.0. The molecule has 1 N–H and O–H groups in total. The molecule has 0 unspecified atom stereocenters. The van der Waals surface area contributed by atoms with E-state index < -0.39 is 0 Å². The van der Waals surface area contributed by atoms with Crippen molar-refractivity contribution in [1.82, 2.24) is 9.88 Å². The Hall–Kier alpha value is -2.10. The molecule has 1 aromatic carbocycles. The highest BCUT2D eigenvalue weighted by Gasteiger charge is 2.08. The second-order valence-electron chi connectivity index (χ2n) is 5.36. The van der Waals surface area contributed by atoms with E-state index in [9.17, 15) is 9.18 Å². The van der Waals surface area contributed by atoms with Crippen LogP contribution >= 0.6 is 0 Å². The molecule has 1 heterocycles. The average molecular weight is 288 g/mol. The zero-order valence-electron chi connectivity index (χ0n) is 12.7. The highest BCUT2D eigenvalue weighted by atomic mass is 19.1. The first-order chi connectivity index (χ1) is 9.97. The summed E-state index contributed by atoms with van der Waals surface area (Å²) in [6.07, 6.45) is 0.921. The van der Waals surface area contributed by atoms with E-state index in [4.69, 9.17) is 0 Å². The molecule has 1 amide bonds. The molecule has 1 aromatic heterocycles. The Morgan fingerprint density at radius 2 is 2.05 bits per heavy atom. The van der Waals surface area contributed by atoms with E-state index in [2.05, 4.69) is 16.0 Å². The van der Waals surface area contributed by atoms with Gasteiger partial charge in [-0.1, -0.05) is 12.1 Å². The molecule has 2 rings (SSSR count). The lowest BCUT2D eigenvalue weighted by atomic mass is 10.1. The van der Waals surface area contributed by atoms with E-state index in [0.717, 1.165) is 16.8 Å². The summed E-state index contributed by atoms with van der Waals surface area (Å²) in [7, 11) is 2.01. The van der Waals surface area contributed by atoms with Gasteiger partial charge >= 0.3 is 0 Å². The first-order valence-corrected chi connectivity index (χ1v) is 7.10. The van der Waals surface area contributed by atoms with Gasteiger partial charge in [0.2, 0.25) is 5.91 Å². The van der Waals surface area contributed by atoms with Crippen LogP contribution in [0.25, 0.3) is 0 Å². The quantitative estimate of drug-likeness (QED) is 0.901. The average Bonchev–Trinajstić information content (AvgIpc) is 2.70. The van der Waals surface area contributed by atoms with E-state index in [-0.39, 0.29) is 11.7 Å². The van der Waals surface area contributed by atoms with Crippen molar-refractivity contribution in [3.8, 4) is 0 Å². The van der Waals surface area contributed by atoms with Crippen molar-refractivity contribution in [3.05, 3.63) is 58.7 Å². The van der Waals surface area contributed by atoms with Crippen molar-refractivity contribution in [2.75, 3.05) is 0 Å². The van der Waals surface area contributed by atoms with Gasteiger partial charge in [0.05, 0.1) is 0 Å². The van der Waals surface area contributed by atoms with E-state index in [1.807, 2.05) is 27.0 Å². The van der Waals surface area contributed by atoms with Crippen molar-refractivity contribution < 1.29 is 9.18 Å². The summed E-state index contributed by atoms with van der Waals surface area (Å²) in [6, 6.07) is 8.46. The highest BCUT2D eigenvalue weighted by Crippen LogP contribution is 2.13. The number of amides is 1. The van der Waals surface area contributed by atoms with Crippen LogP contribution < -0.4 is 5.32 Å². The van der Waals surface area contributed by atoms with Crippen molar-refractivity contribution in [2.24, 2.45) is 7.05 Å². The van der Waals surface area contributed by atoms with Crippen LogP contribution in [0.1, 0.15) is 28.9 Å². The van der Waals surface area contributed by atoms with Gasteiger partial charge in [-0.15, -0.1) is 0 Å². The third kappa shape index (κ3) is 3.94. The predicted octanol–water partition coefficient (Wildman–Crippen LogP) is 3.03. The molecule has 0 bridgehead atoms. The van der Waals surface area contributed by atoms with Crippen LogP contribution in [0.2, 0.25) is 0 Å². The van der Waals surface area contributed by atoms with Crippen LogP contribution in [0, 0.1) is 19.7 Å². The van der Waals surface area contributed by atoms with Gasteiger partial charge in [0.1, 0.15) is 5.82 Å². The minimum absolute atomic E-state index is 0.0137. The molecule has 0 spiro atoms. The van der Waals surface area contributed by atoms with E-state index in [1.165, 1.54) is 17.8 Å². The van der Waals surface area contributed by atoms with Gasteiger partial charge in [0.15, 0.2) is 0 Å². The van der Waals surface area contributed by atoms with Crippen molar-refractivity contribution in [3.63, 3.8) is 0 Å². The van der Waals surface area contributed by atoms with E-state index in [0.29, 0.717) is 19.4 Å². The number of aryl methyl sites for hydroxylation is 2. The number of rotatable bonds is 5. The summed E-state index contributed by atoms with van der Waals surface area (Å²) in [5.41, 5.74) is 4.32. The molecule has 0 saturated carbocycles. The lowest BCUT2D eigenvalue weighted by Gasteiger charge is -2.06. The topological polar surface area (TPSA) is 34.0 Å². The molecule has 0 atom stereocenters. The van der Waals surface area contributed by atoms with Gasteiger partial charge in [-0.2, -0.15) is 0 Å². The summed E-state index contributed by atoms with van der Waals surface area (Å²) >= 11 is 0. The van der Waals surface area contributed by atoms with Gasteiger partial charge in [0.25, 0.3) is 0 Å². The number of nitrogens with zero attached hydrogens (tertiary/aromatic N) is 1. The monoisotopic (exact) mass is 288 g/mol. The molecular formula is C17H21FN2O. The fraction of sp³-hybridized carbons (Fsp3) is 0.353. The number of aromatic nitrogens is 1. The van der Waals surface area contributed by atoms with Crippen molar-refractivity contribution in [2.45, 2.75) is 33.2 Å². The highest BCUT2D eigenvalue weighted by molar-refractivity contribution is 5.76. The molecule has 0 aliphatic heterocycles. The lowest BCUT2D eigenvalue weighted by molar-refractivity contribution is -0.121. The van der Waals surface area contributed by atoms with E-state index in [1.54, 1.807) is 6.07 Å². The summed E-state index contributed by atoms with van der Waals surface area (Å²) in [6.45, 7) is 4.62. The zero-order chi connectivity index (χ0) is 15.4. The Kier molecular flexibility index (Phi) is 4.78. The smallest absolute Gasteiger partial charge is 0.220 e. The first-order valence-electron chi connectivity index (χ1n) is 7.10. The number of hydrogen-bond acceptors (Lipinski definition) is 1. The molecule has 112 valence electrons. The number of carbonyl (C=O) groups is 1. The van der Waals surface area contributed by atoms with Crippen molar-refractivity contribution >= 4 is 5.91 Å². The molecule has 0 fully saturated rings. The normalized spacial score (nSPS) is 10.7. The maximum atomic E-state index is 13.0. The fourth-order valence-corrected chi connectivity index (χ4v) is 2.34. The molecule has 0 radical (unpaired) electrons. The van der Waals surface area contributed by atoms with Gasteiger partial charge in [-0.05, 0) is 49.6 Å². The first kappa shape index (κ1) is 15.3. The Morgan fingerprint density at radius 3 is 2.67 bits per heavy atom. The fourth-order valence-electron chi connectivity index (χ4n) is 2.34. The number of benzene rings is 1. The molecule has 0 aliphatic carbocycles. The van der Waals surface area contributed by atoms with Gasteiger partial charge in [0, 0.05) is 31.4 Å². The summed E-state index contributed by atoms with van der Waals surface area (Å²) in [4.78, 5) is 11.9. The molecular weight excluding hydrogens is 267 g/mol. The minimum atomic E-state index is -0.261. The second kappa shape index (κ2) is 6.57. The van der Waals surface area contributed by atoms with Gasteiger partial charge in [-0.25, -0.2) is 4.39 Å². The Balaban J connectivity index is 1.83. The number of hydrogen-bond donors (Lipinski definition) is 1. The molecule has 0 aliphatic rings. The standard InChI is InChI=1S/C17H21FN2O/c1-12-9-15(13(2)20(12)3)11-19-17(21)8-7-14-5-4-6-16(18)10-14/h4-6,9-10H,7-8,11H2,1-3H3,(H,19,21). The summed E-state index contributed by atoms with van der Waals surface area (Å²) < 4.78 is 15.1. The Labute approximate surface area is 124 Å². The summed E-state index contributed by atoms with van der Waals surface area (Å²) in [5, 5.41) is 2.92. The van der Waals surface area contributed by atoms with Crippen molar-refractivity contribution in [1.29, 1.82) is 0 Å². The SMILES string of the molecule is Cc1cc(CNC(=O)CCc2cccc(F)c2)c(C)n1C. The molecule has 3 nitrogen and oxygen atoms in total. The minimum Gasteiger partial charge on any atom is -0.352 e. The van der Waals surface area contributed by atoms with Gasteiger partial charge in [-0.3, -0.25) is 4.79 Å². The van der Waals surface area contributed by atoms with Crippen LogP contribution in [0.5, 0.6) is 0 Å². The third-order valence-corrected chi connectivity index (χ3v) is 3.89. The number of halogens is 1. The van der Waals surface area contributed by atoms with Crippen LogP contribution in [-0.2, 0) is 24.8 Å². The Morgan fingerprint density at radius 1 is 1.29 bits per heavy atom. The predicted molar refractivity (Wildman–Crippen MR) is 81.5 cm³/mol. The number of nitrogens with one attached hydrogen (secondary N) is 1. The molecule has 4 heteroatoms. The molecule has 21 heavy (non-hydrogen) atoms. The lowest BCUT2D eigenvalue weighted by Crippen LogP contribution is -2.23. The second-order valence-corrected chi connectivity index (χ2v) is 5.36. The Bertz CT molecular complexity index is 646. The molecule has 0 saturated heterocycles. The maximum Gasteiger partial charge on any atom is 0.220 e. The largest absolute Gasteiger partial charge is 0.352 e. The zero-order valence-corrected chi connectivity index (χ0v) is 12.7. The van der Waals surface area contributed by atoms with Crippen LogP contribution in [-0.4, -0.2) is 10.5 Å². The van der Waals surface area contributed by atoms with E-state index >= 15 is 0 Å². The molecule has 2 aromatic rings.